The zero-order chi connectivity index (χ0) is 25.2. The Labute approximate surface area is 211 Å². The minimum Gasteiger partial charge on any atom is -0.457 e. The zero-order valence-electron chi connectivity index (χ0n) is 21.9. The molecule has 0 spiro atoms. The minimum absolute atomic E-state index is 0.00254. The number of rotatable bonds is 7. The molecule has 4 rings (SSSR count). The molecule has 35 heavy (non-hydrogen) atoms. The highest BCUT2D eigenvalue weighted by Gasteiger charge is 2.46. The number of fused-ring (bicyclic) bond motifs is 1. The molecule has 0 aromatic carbocycles. The van der Waals surface area contributed by atoms with Crippen LogP contribution in [0.5, 0.6) is 0 Å². The lowest BCUT2D eigenvalue weighted by atomic mass is 9.63. The Hall–Kier alpha value is -1.69. The van der Waals surface area contributed by atoms with E-state index in [4.69, 9.17) is 9.47 Å². The van der Waals surface area contributed by atoms with Crippen LogP contribution in [0.25, 0.3) is 0 Å². The second-order valence-corrected chi connectivity index (χ2v) is 11.5. The summed E-state index contributed by atoms with van der Waals surface area (Å²) in [7, 11) is 0. The van der Waals surface area contributed by atoms with Crippen molar-refractivity contribution in [3.63, 3.8) is 0 Å². The van der Waals surface area contributed by atoms with E-state index in [9.17, 15) is 15.0 Å². The molecule has 4 aliphatic carbocycles. The molecule has 2 N–H and O–H groups in total. The lowest BCUT2D eigenvalue weighted by Gasteiger charge is -2.42. The molecular formula is C30H44O5. The first-order chi connectivity index (χ1) is 16.7. The van der Waals surface area contributed by atoms with Gasteiger partial charge >= 0.3 is 5.97 Å². The van der Waals surface area contributed by atoms with Crippen molar-refractivity contribution >= 4 is 5.97 Å². The Balaban J connectivity index is 1.39. The van der Waals surface area contributed by atoms with Gasteiger partial charge in [-0.1, -0.05) is 44.2 Å². The number of hydrogen-bond acceptors (Lipinski definition) is 5. The van der Waals surface area contributed by atoms with Gasteiger partial charge in [-0.15, -0.1) is 0 Å². The minimum atomic E-state index is -0.662. The number of hydrogen-bond donors (Lipinski definition) is 2. The van der Waals surface area contributed by atoms with Crippen LogP contribution in [-0.2, 0) is 14.3 Å². The van der Waals surface area contributed by atoms with Crippen LogP contribution < -0.4 is 0 Å². The maximum Gasteiger partial charge on any atom is 0.332 e. The molecule has 0 bridgehead atoms. The van der Waals surface area contributed by atoms with E-state index in [0.29, 0.717) is 18.8 Å². The van der Waals surface area contributed by atoms with Crippen molar-refractivity contribution in [3.05, 3.63) is 47.1 Å². The first-order valence-corrected chi connectivity index (χ1v) is 13.7. The van der Waals surface area contributed by atoms with Gasteiger partial charge in [-0.3, -0.25) is 0 Å². The Bertz CT molecular complexity index is 906. The van der Waals surface area contributed by atoms with Crippen LogP contribution in [0, 0.1) is 11.3 Å². The zero-order valence-corrected chi connectivity index (χ0v) is 21.9. The topological polar surface area (TPSA) is 76.0 Å². The molecule has 5 nitrogen and oxygen atoms in total. The molecule has 194 valence electrons. The van der Waals surface area contributed by atoms with Gasteiger partial charge in [-0.05, 0) is 99.2 Å². The van der Waals surface area contributed by atoms with Crippen molar-refractivity contribution in [2.24, 2.45) is 11.3 Å². The molecule has 0 saturated heterocycles. The van der Waals surface area contributed by atoms with Crippen molar-refractivity contribution in [2.75, 3.05) is 6.61 Å². The van der Waals surface area contributed by atoms with Gasteiger partial charge in [-0.2, -0.15) is 0 Å². The maximum atomic E-state index is 12.6. The highest BCUT2D eigenvalue weighted by molar-refractivity contribution is 5.71. The third-order valence-electron chi connectivity index (χ3n) is 9.25. The smallest absolute Gasteiger partial charge is 0.332 e. The molecule has 5 atom stereocenters. The van der Waals surface area contributed by atoms with Gasteiger partial charge in [-0.25, -0.2) is 4.79 Å². The maximum absolute atomic E-state index is 12.6. The number of aliphatic hydroxyl groups is 2. The fourth-order valence-electron chi connectivity index (χ4n) is 7.05. The second-order valence-electron chi connectivity index (χ2n) is 11.5. The molecule has 0 radical (unpaired) electrons. The van der Waals surface area contributed by atoms with E-state index < -0.39 is 12.2 Å². The van der Waals surface area contributed by atoms with Crippen molar-refractivity contribution in [1.82, 2.24) is 0 Å². The summed E-state index contributed by atoms with van der Waals surface area (Å²) < 4.78 is 12.0. The number of carbonyl (C=O) groups is 1. The fourth-order valence-corrected chi connectivity index (χ4v) is 7.05. The first kappa shape index (κ1) is 26.4. The number of aliphatic hydroxyl groups excluding tert-OH is 2. The van der Waals surface area contributed by atoms with Gasteiger partial charge < -0.3 is 19.7 Å². The Morgan fingerprint density at radius 1 is 1.23 bits per heavy atom. The molecule has 0 heterocycles. The Kier molecular flexibility index (Phi) is 8.09. The molecular weight excluding hydrogens is 440 g/mol. The molecule has 0 aromatic rings. The van der Waals surface area contributed by atoms with E-state index in [1.165, 1.54) is 11.1 Å². The van der Waals surface area contributed by atoms with E-state index in [0.717, 1.165) is 68.9 Å². The third kappa shape index (κ3) is 5.52. The van der Waals surface area contributed by atoms with E-state index in [1.54, 1.807) is 0 Å². The molecule has 5 heteroatoms. The van der Waals surface area contributed by atoms with Gasteiger partial charge in [0, 0.05) is 6.42 Å². The van der Waals surface area contributed by atoms with Gasteiger partial charge in [0.05, 0.1) is 18.3 Å². The van der Waals surface area contributed by atoms with E-state index >= 15 is 0 Å². The van der Waals surface area contributed by atoms with Crippen LogP contribution in [0.15, 0.2) is 47.1 Å². The van der Waals surface area contributed by atoms with E-state index in [2.05, 4.69) is 45.6 Å². The lowest BCUT2D eigenvalue weighted by molar-refractivity contribution is -0.166. The average molecular weight is 485 g/mol. The number of esters is 1. The number of carbonyl (C=O) groups excluding carboxylic acids is 1. The summed E-state index contributed by atoms with van der Waals surface area (Å²) in [5.74, 6) is 0.170. The monoisotopic (exact) mass is 484 g/mol. The van der Waals surface area contributed by atoms with Gasteiger partial charge in [0.1, 0.15) is 12.2 Å². The van der Waals surface area contributed by atoms with Crippen molar-refractivity contribution in [3.8, 4) is 0 Å². The van der Waals surface area contributed by atoms with Crippen LogP contribution in [-0.4, -0.2) is 46.7 Å². The van der Waals surface area contributed by atoms with E-state index in [1.807, 2.05) is 0 Å². The van der Waals surface area contributed by atoms with Crippen LogP contribution in [0.1, 0.15) is 91.4 Å². The average Bonchev–Trinajstić information content (AvgIpc) is 3.43. The Morgan fingerprint density at radius 2 is 1.97 bits per heavy atom. The number of allylic oxidation sites excluding steroid dienone is 4. The third-order valence-corrected chi connectivity index (χ3v) is 9.25. The molecule has 4 aliphatic rings. The summed E-state index contributed by atoms with van der Waals surface area (Å²) in [5.41, 5.74) is 4.13. The quantitative estimate of drug-likeness (QED) is 0.357. The predicted molar refractivity (Wildman–Crippen MR) is 138 cm³/mol. The Morgan fingerprint density at radius 3 is 2.69 bits per heavy atom. The summed E-state index contributed by atoms with van der Waals surface area (Å²) in [5, 5.41) is 20.2. The molecule has 0 aliphatic heterocycles. The van der Waals surface area contributed by atoms with Crippen LogP contribution in [0.3, 0.4) is 0 Å². The van der Waals surface area contributed by atoms with Crippen molar-refractivity contribution < 1.29 is 24.5 Å². The van der Waals surface area contributed by atoms with Crippen molar-refractivity contribution in [1.29, 1.82) is 0 Å². The van der Waals surface area contributed by atoms with E-state index in [-0.39, 0.29) is 29.7 Å². The predicted octanol–water partition coefficient (Wildman–Crippen LogP) is 5.72. The molecule has 0 unspecified atom stereocenters. The molecule has 3 saturated carbocycles. The van der Waals surface area contributed by atoms with Gasteiger partial charge in [0.25, 0.3) is 0 Å². The fraction of sp³-hybridized carbons (Fsp3) is 0.700. The standard InChI is InChI=1S/C30H44O5/c1-5-30(15-6-7-16-30)35-28(33)19-34-21(3)25-12-13-26-22(9-8-14-29(25,26)4)10-11-23-17-24(31)18-27(32)20(23)2/h10-12,21,24,26-27,31-32H,2,5-9,13-19H2,1,3-4H3/t21-,24+,26-,27-,29+/m0/s1. The summed E-state index contributed by atoms with van der Waals surface area (Å²) >= 11 is 0. The molecule has 0 amide bonds. The van der Waals surface area contributed by atoms with Crippen LogP contribution in [0.4, 0.5) is 0 Å². The summed E-state index contributed by atoms with van der Waals surface area (Å²) in [6.45, 7) is 10.5. The highest BCUT2D eigenvalue weighted by atomic mass is 16.6. The highest BCUT2D eigenvalue weighted by Crippen LogP contribution is 2.55. The lowest BCUT2D eigenvalue weighted by Crippen LogP contribution is -2.36. The normalized spacial score (nSPS) is 35.7. The summed E-state index contributed by atoms with van der Waals surface area (Å²) in [6.07, 6.45) is 15.5. The van der Waals surface area contributed by atoms with Gasteiger partial charge in [0.2, 0.25) is 0 Å². The van der Waals surface area contributed by atoms with Crippen LogP contribution >= 0.6 is 0 Å². The largest absolute Gasteiger partial charge is 0.457 e. The molecule has 3 fully saturated rings. The number of ether oxygens (including phenoxy) is 2. The first-order valence-electron chi connectivity index (χ1n) is 13.7. The molecule has 0 aromatic heterocycles. The summed E-state index contributed by atoms with van der Waals surface area (Å²) in [4.78, 5) is 12.6. The summed E-state index contributed by atoms with van der Waals surface area (Å²) in [6, 6.07) is 0. The van der Waals surface area contributed by atoms with Crippen LogP contribution in [0.2, 0.25) is 0 Å². The second kappa shape index (κ2) is 10.7. The van der Waals surface area contributed by atoms with Crippen molar-refractivity contribution in [2.45, 2.75) is 115 Å². The SMILES string of the molecule is C=C1C(=CC=C2CCC[C@]3(C)C([C@H](C)OCC(=O)OC4(CC)CCCC4)=CC[C@@H]23)C[C@@H](O)C[C@@H]1O. The van der Waals surface area contributed by atoms with Gasteiger partial charge in [0.15, 0.2) is 0 Å².